The molecule has 1 fully saturated rings. The monoisotopic (exact) mass is 360 g/mol. The zero-order chi connectivity index (χ0) is 19.0. The molecule has 1 aliphatic rings. The van der Waals surface area contributed by atoms with Crippen LogP contribution < -0.4 is 9.80 Å². The van der Waals surface area contributed by atoms with Crippen LogP contribution in [0.1, 0.15) is 32.0 Å². The lowest BCUT2D eigenvalue weighted by atomic mass is 9.93. The average Bonchev–Trinajstić information content (AvgIpc) is 3.12. The van der Waals surface area contributed by atoms with Crippen LogP contribution in [0.15, 0.2) is 42.9 Å². The molecule has 4 rings (SSSR count). The van der Waals surface area contributed by atoms with Crippen LogP contribution >= 0.6 is 0 Å². The van der Waals surface area contributed by atoms with Crippen LogP contribution in [0.3, 0.4) is 0 Å². The van der Waals surface area contributed by atoms with Crippen LogP contribution in [0.2, 0.25) is 0 Å². The van der Waals surface area contributed by atoms with E-state index in [1.807, 2.05) is 6.07 Å². The van der Waals surface area contributed by atoms with Gasteiger partial charge in [0.2, 0.25) is 0 Å². The number of pyridine rings is 2. The van der Waals surface area contributed by atoms with Crippen molar-refractivity contribution in [2.45, 2.75) is 26.2 Å². The van der Waals surface area contributed by atoms with E-state index in [1.54, 1.807) is 12.3 Å². The van der Waals surface area contributed by atoms with Crippen LogP contribution in [0, 0.1) is 11.3 Å². The minimum Gasteiger partial charge on any atom is -0.367 e. The standard InChI is InChI=1S/C21H24N6/c1-21(2,3)18-15-27-14-17(4-5-19(27)24-18)25-8-10-26(11-9-25)20-12-16(13-22)6-7-23-20/h4-7,12,14-15H,8-11H2,1-3H3. The molecule has 1 saturated heterocycles. The van der Waals surface area contributed by atoms with Gasteiger partial charge in [-0.3, -0.25) is 0 Å². The van der Waals surface area contributed by atoms with Crippen molar-refractivity contribution in [3.05, 3.63) is 54.1 Å². The highest BCUT2D eigenvalue weighted by Crippen LogP contribution is 2.24. The van der Waals surface area contributed by atoms with Gasteiger partial charge in [-0.15, -0.1) is 0 Å². The van der Waals surface area contributed by atoms with E-state index in [-0.39, 0.29) is 5.41 Å². The molecule has 0 radical (unpaired) electrons. The second-order valence-corrected chi connectivity index (χ2v) is 8.02. The number of rotatable bonds is 2. The highest BCUT2D eigenvalue weighted by molar-refractivity contribution is 5.54. The number of anilines is 2. The van der Waals surface area contributed by atoms with Crippen molar-refractivity contribution in [1.82, 2.24) is 14.4 Å². The molecule has 0 aliphatic carbocycles. The summed E-state index contributed by atoms with van der Waals surface area (Å²) in [7, 11) is 0. The van der Waals surface area contributed by atoms with Gasteiger partial charge in [-0.2, -0.15) is 5.26 Å². The normalized spacial score (nSPS) is 15.2. The lowest BCUT2D eigenvalue weighted by Gasteiger charge is -2.36. The van der Waals surface area contributed by atoms with E-state index in [0.29, 0.717) is 5.56 Å². The van der Waals surface area contributed by atoms with Crippen molar-refractivity contribution < 1.29 is 0 Å². The van der Waals surface area contributed by atoms with Gasteiger partial charge in [0.05, 0.1) is 23.0 Å². The van der Waals surface area contributed by atoms with Crippen molar-refractivity contribution in [2.75, 3.05) is 36.0 Å². The summed E-state index contributed by atoms with van der Waals surface area (Å²) in [5, 5.41) is 9.08. The smallest absolute Gasteiger partial charge is 0.137 e. The highest BCUT2D eigenvalue weighted by Gasteiger charge is 2.20. The summed E-state index contributed by atoms with van der Waals surface area (Å²) in [5.41, 5.74) is 4.00. The molecule has 0 bridgehead atoms. The predicted octanol–water partition coefficient (Wildman–Crippen LogP) is 3.23. The van der Waals surface area contributed by atoms with Gasteiger partial charge in [0.15, 0.2) is 0 Å². The summed E-state index contributed by atoms with van der Waals surface area (Å²) in [6, 6.07) is 10.0. The second kappa shape index (κ2) is 6.58. The molecule has 0 amide bonds. The Bertz CT molecular complexity index is 999. The van der Waals surface area contributed by atoms with Gasteiger partial charge < -0.3 is 14.2 Å². The van der Waals surface area contributed by atoms with Gasteiger partial charge in [-0.25, -0.2) is 9.97 Å². The van der Waals surface area contributed by atoms with Gasteiger partial charge in [0.25, 0.3) is 0 Å². The van der Waals surface area contributed by atoms with Gasteiger partial charge in [0.1, 0.15) is 11.5 Å². The van der Waals surface area contributed by atoms with E-state index in [2.05, 4.69) is 70.6 Å². The fraction of sp³-hybridized carbons (Fsp3) is 0.381. The minimum absolute atomic E-state index is 0.0444. The summed E-state index contributed by atoms with van der Waals surface area (Å²) < 4.78 is 2.13. The molecule has 138 valence electrons. The maximum absolute atomic E-state index is 9.08. The Morgan fingerprint density at radius 3 is 2.44 bits per heavy atom. The maximum Gasteiger partial charge on any atom is 0.137 e. The number of piperazine rings is 1. The van der Waals surface area contributed by atoms with Crippen molar-refractivity contribution in [2.24, 2.45) is 0 Å². The number of hydrogen-bond acceptors (Lipinski definition) is 5. The molecule has 6 nitrogen and oxygen atoms in total. The quantitative estimate of drug-likeness (QED) is 0.702. The Hall–Kier alpha value is -3.07. The first-order valence-electron chi connectivity index (χ1n) is 9.29. The molecular weight excluding hydrogens is 336 g/mol. The molecule has 0 N–H and O–H groups in total. The first-order valence-corrected chi connectivity index (χ1v) is 9.29. The molecule has 0 saturated carbocycles. The Balaban J connectivity index is 1.50. The Kier molecular flexibility index (Phi) is 4.23. The second-order valence-electron chi connectivity index (χ2n) is 8.02. The zero-order valence-corrected chi connectivity index (χ0v) is 16.1. The van der Waals surface area contributed by atoms with Gasteiger partial charge >= 0.3 is 0 Å². The SMILES string of the molecule is CC(C)(C)c1cn2cc(N3CCN(c4cc(C#N)ccn4)CC3)ccc2n1. The van der Waals surface area contributed by atoms with E-state index in [4.69, 9.17) is 10.2 Å². The summed E-state index contributed by atoms with van der Waals surface area (Å²) in [6.45, 7) is 10.2. The van der Waals surface area contributed by atoms with Gasteiger partial charge in [0, 0.05) is 50.2 Å². The third kappa shape index (κ3) is 3.45. The van der Waals surface area contributed by atoms with E-state index < -0.39 is 0 Å². The molecule has 4 heterocycles. The molecule has 3 aromatic rings. The number of imidazole rings is 1. The maximum atomic E-state index is 9.08. The molecule has 0 unspecified atom stereocenters. The van der Waals surface area contributed by atoms with Crippen LogP contribution in [-0.2, 0) is 5.41 Å². The first kappa shape index (κ1) is 17.3. The number of nitrogens with zero attached hydrogens (tertiary/aromatic N) is 6. The molecule has 1 aliphatic heterocycles. The lowest BCUT2D eigenvalue weighted by molar-refractivity contribution is 0.573. The van der Waals surface area contributed by atoms with Crippen molar-refractivity contribution >= 4 is 17.2 Å². The zero-order valence-electron chi connectivity index (χ0n) is 16.1. The number of nitriles is 1. The van der Waals surface area contributed by atoms with Crippen LogP contribution in [0.25, 0.3) is 5.65 Å². The fourth-order valence-corrected chi connectivity index (χ4v) is 3.38. The van der Waals surface area contributed by atoms with Crippen LogP contribution in [-0.4, -0.2) is 40.5 Å². The number of fused-ring (bicyclic) bond motifs is 1. The number of aromatic nitrogens is 3. The molecular formula is C21H24N6. The van der Waals surface area contributed by atoms with Crippen molar-refractivity contribution in [3.63, 3.8) is 0 Å². The summed E-state index contributed by atoms with van der Waals surface area (Å²) in [4.78, 5) is 13.8. The molecule has 0 aromatic carbocycles. The summed E-state index contributed by atoms with van der Waals surface area (Å²) in [5.74, 6) is 0.883. The third-order valence-corrected chi connectivity index (χ3v) is 5.05. The highest BCUT2D eigenvalue weighted by atomic mass is 15.3. The third-order valence-electron chi connectivity index (χ3n) is 5.05. The topological polar surface area (TPSA) is 60.5 Å². The summed E-state index contributed by atoms with van der Waals surface area (Å²) in [6.07, 6.45) is 6.01. The van der Waals surface area contributed by atoms with Gasteiger partial charge in [-0.1, -0.05) is 20.8 Å². The summed E-state index contributed by atoms with van der Waals surface area (Å²) >= 11 is 0. The number of hydrogen-bond donors (Lipinski definition) is 0. The van der Waals surface area contributed by atoms with Crippen molar-refractivity contribution in [3.8, 4) is 6.07 Å². The van der Waals surface area contributed by atoms with Crippen LogP contribution in [0.5, 0.6) is 0 Å². The van der Waals surface area contributed by atoms with E-state index in [1.165, 1.54) is 5.69 Å². The largest absolute Gasteiger partial charge is 0.367 e. The molecule has 3 aromatic heterocycles. The van der Waals surface area contributed by atoms with Crippen molar-refractivity contribution in [1.29, 1.82) is 5.26 Å². The van der Waals surface area contributed by atoms with E-state index in [9.17, 15) is 0 Å². The lowest BCUT2D eigenvalue weighted by Crippen LogP contribution is -2.46. The first-order chi connectivity index (χ1) is 12.9. The molecule has 6 heteroatoms. The Morgan fingerprint density at radius 1 is 1.00 bits per heavy atom. The Labute approximate surface area is 159 Å². The predicted molar refractivity (Wildman–Crippen MR) is 107 cm³/mol. The molecule has 27 heavy (non-hydrogen) atoms. The Morgan fingerprint density at radius 2 is 1.74 bits per heavy atom. The van der Waals surface area contributed by atoms with Gasteiger partial charge in [-0.05, 0) is 24.3 Å². The molecule has 0 atom stereocenters. The fourth-order valence-electron chi connectivity index (χ4n) is 3.38. The molecule has 0 spiro atoms. The minimum atomic E-state index is 0.0444. The van der Waals surface area contributed by atoms with Crippen LogP contribution in [0.4, 0.5) is 11.5 Å². The van der Waals surface area contributed by atoms with E-state index in [0.717, 1.165) is 43.3 Å². The van der Waals surface area contributed by atoms with E-state index >= 15 is 0 Å². The average molecular weight is 360 g/mol.